The van der Waals surface area contributed by atoms with E-state index in [2.05, 4.69) is 31.8 Å². The predicted molar refractivity (Wildman–Crippen MR) is 105 cm³/mol. The molecule has 0 amide bonds. The average Bonchev–Trinajstić information content (AvgIpc) is 3.21. The van der Waals surface area contributed by atoms with Gasteiger partial charge < -0.3 is 14.8 Å². The molecule has 8 nitrogen and oxygen atoms in total. The third-order valence-corrected chi connectivity index (χ3v) is 4.59. The number of aromatic nitrogens is 4. The van der Waals surface area contributed by atoms with Crippen LogP contribution < -0.4 is 10.1 Å². The van der Waals surface area contributed by atoms with Crippen molar-refractivity contribution in [2.45, 2.75) is 6.54 Å². The number of hydrogen-bond donors (Lipinski definition) is 1. The van der Waals surface area contributed by atoms with Gasteiger partial charge in [0, 0.05) is 32.7 Å². The first-order chi connectivity index (χ1) is 13.9. The van der Waals surface area contributed by atoms with Crippen molar-refractivity contribution < 1.29 is 9.47 Å². The normalized spacial score (nSPS) is 14.9. The Morgan fingerprint density at radius 3 is 2.75 bits per heavy atom. The van der Waals surface area contributed by atoms with Crippen LogP contribution in [0.15, 0.2) is 54.6 Å². The van der Waals surface area contributed by atoms with Gasteiger partial charge in [-0.15, -0.1) is 0 Å². The molecule has 0 bridgehead atoms. The number of tetrazole rings is 1. The van der Waals surface area contributed by atoms with Crippen molar-refractivity contribution in [1.29, 1.82) is 0 Å². The average molecular weight is 380 g/mol. The van der Waals surface area contributed by atoms with Gasteiger partial charge in [-0.2, -0.15) is 4.68 Å². The van der Waals surface area contributed by atoms with Crippen molar-refractivity contribution in [3.63, 3.8) is 0 Å². The van der Waals surface area contributed by atoms with Gasteiger partial charge in [-0.05, 0) is 40.3 Å². The smallest absolute Gasteiger partial charge is 0.345 e. The van der Waals surface area contributed by atoms with E-state index in [1.54, 1.807) is 4.68 Å². The van der Waals surface area contributed by atoms with Crippen LogP contribution in [0.4, 0.5) is 0 Å². The Kier molecular flexibility index (Phi) is 6.23. The molecule has 8 heteroatoms. The maximum atomic E-state index is 5.92. The van der Waals surface area contributed by atoms with Crippen molar-refractivity contribution in [2.24, 2.45) is 0 Å². The minimum Gasteiger partial charge on any atom is -0.423 e. The van der Waals surface area contributed by atoms with Crippen molar-refractivity contribution in [1.82, 2.24) is 30.4 Å². The first-order valence-corrected chi connectivity index (χ1v) is 9.50. The highest BCUT2D eigenvalue weighted by Crippen LogP contribution is 2.22. The standard InChI is InChI=1S/C20H24N6O2/c1-2-6-18(7-3-1)26-20(22-23-24-26)28-19-8-4-5-17(15-19)16-21-9-10-25-11-13-27-14-12-25/h1-8,15,21H,9-14,16H2. The minimum atomic E-state index is 0.337. The van der Waals surface area contributed by atoms with Gasteiger partial charge >= 0.3 is 6.01 Å². The minimum absolute atomic E-state index is 0.337. The van der Waals surface area contributed by atoms with Gasteiger partial charge in [0.15, 0.2) is 0 Å². The van der Waals surface area contributed by atoms with Crippen LogP contribution in [-0.4, -0.2) is 64.5 Å². The first-order valence-electron chi connectivity index (χ1n) is 9.50. The van der Waals surface area contributed by atoms with Gasteiger partial charge in [-0.3, -0.25) is 4.90 Å². The summed E-state index contributed by atoms with van der Waals surface area (Å²) < 4.78 is 12.9. The fourth-order valence-electron chi connectivity index (χ4n) is 3.09. The lowest BCUT2D eigenvalue weighted by molar-refractivity contribution is 0.0384. The molecule has 1 aliphatic heterocycles. The van der Waals surface area contributed by atoms with Crippen molar-refractivity contribution >= 4 is 0 Å². The molecule has 0 spiro atoms. The van der Waals surface area contributed by atoms with E-state index in [1.165, 1.54) is 0 Å². The van der Waals surface area contributed by atoms with E-state index < -0.39 is 0 Å². The Labute approximate surface area is 164 Å². The van der Waals surface area contributed by atoms with Crippen LogP contribution in [0.25, 0.3) is 5.69 Å². The van der Waals surface area contributed by atoms with Gasteiger partial charge in [-0.25, -0.2) is 0 Å². The molecule has 1 N–H and O–H groups in total. The molecule has 0 saturated carbocycles. The van der Waals surface area contributed by atoms with E-state index >= 15 is 0 Å². The number of nitrogens with one attached hydrogen (secondary N) is 1. The molecule has 0 aliphatic carbocycles. The highest BCUT2D eigenvalue weighted by molar-refractivity contribution is 5.34. The fraction of sp³-hybridized carbons (Fsp3) is 0.350. The van der Waals surface area contributed by atoms with Gasteiger partial charge in [0.05, 0.1) is 18.9 Å². The largest absolute Gasteiger partial charge is 0.423 e. The Morgan fingerprint density at radius 2 is 1.89 bits per heavy atom. The topological polar surface area (TPSA) is 77.3 Å². The number of morpholine rings is 1. The maximum Gasteiger partial charge on any atom is 0.345 e. The maximum absolute atomic E-state index is 5.92. The van der Waals surface area contributed by atoms with Gasteiger partial charge in [0.25, 0.3) is 0 Å². The van der Waals surface area contributed by atoms with Crippen molar-refractivity contribution in [3.05, 3.63) is 60.2 Å². The lowest BCUT2D eigenvalue weighted by atomic mass is 10.2. The van der Waals surface area contributed by atoms with E-state index in [9.17, 15) is 0 Å². The predicted octanol–water partition coefficient (Wildman–Crippen LogP) is 1.88. The zero-order valence-corrected chi connectivity index (χ0v) is 15.7. The van der Waals surface area contributed by atoms with E-state index in [1.807, 2.05) is 48.5 Å². The van der Waals surface area contributed by atoms with Crippen LogP contribution in [0.5, 0.6) is 11.8 Å². The summed E-state index contributed by atoms with van der Waals surface area (Å²) in [6, 6.07) is 18.0. The van der Waals surface area contributed by atoms with Crippen LogP contribution in [0.2, 0.25) is 0 Å². The lowest BCUT2D eigenvalue weighted by Crippen LogP contribution is -2.40. The molecule has 28 heavy (non-hydrogen) atoms. The molecule has 1 saturated heterocycles. The summed E-state index contributed by atoms with van der Waals surface area (Å²) in [4.78, 5) is 2.42. The summed E-state index contributed by atoms with van der Waals surface area (Å²) in [5.74, 6) is 0.708. The molecule has 0 radical (unpaired) electrons. The summed E-state index contributed by atoms with van der Waals surface area (Å²) in [6.45, 7) is 6.46. The molecule has 0 atom stereocenters. The monoisotopic (exact) mass is 380 g/mol. The second-order valence-electron chi connectivity index (χ2n) is 6.59. The summed E-state index contributed by atoms with van der Waals surface area (Å²) in [7, 11) is 0. The Hall–Kier alpha value is -2.81. The summed E-state index contributed by atoms with van der Waals surface area (Å²) in [5.41, 5.74) is 2.00. The van der Waals surface area contributed by atoms with E-state index in [4.69, 9.17) is 9.47 Å². The molecule has 146 valence electrons. The summed E-state index contributed by atoms with van der Waals surface area (Å²) >= 11 is 0. The Bertz CT molecular complexity index is 864. The number of ether oxygens (including phenoxy) is 2. The molecule has 1 aromatic heterocycles. The third kappa shape index (κ3) is 4.92. The highest BCUT2D eigenvalue weighted by Gasteiger charge is 2.11. The van der Waals surface area contributed by atoms with E-state index in [0.29, 0.717) is 11.8 Å². The van der Waals surface area contributed by atoms with Gasteiger partial charge in [-0.1, -0.05) is 35.4 Å². The second-order valence-corrected chi connectivity index (χ2v) is 6.59. The molecular weight excluding hydrogens is 356 g/mol. The Morgan fingerprint density at radius 1 is 1.04 bits per heavy atom. The highest BCUT2D eigenvalue weighted by atomic mass is 16.5. The molecule has 1 fully saturated rings. The van der Waals surface area contributed by atoms with E-state index in [0.717, 1.165) is 57.2 Å². The first kappa shape index (κ1) is 18.5. The molecule has 3 aromatic rings. The summed E-state index contributed by atoms with van der Waals surface area (Å²) in [5, 5.41) is 15.2. The second kappa shape index (κ2) is 9.41. The number of hydrogen-bond acceptors (Lipinski definition) is 7. The molecule has 1 aliphatic rings. The van der Waals surface area contributed by atoms with Crippen LogP contribution in [-0.2, 0) is 11.3 Å². The Balaban J connectivity index is 1.32. The summed E-state index contributed by atoms with van der Waals surface area (Å²) in [6.07, 6.45) is 0. The number of nitrogens with zero attached hydrogens (tertiary/aromatic N) is 5. The van der Waals surface area contributed by atoms with Crippen LogP contribution in [0.3, 0.4) is 0 Å². The SMILES string of the molecule is c1ccc(-n2nnnc2Oc2cccc(CNCCN3CCOCC3)c2)cc1. The molecule has 2 heterocycles. The molecular formula is C20H24N6O2. The molecule has 0 unspecified atom stereocenters. The number of rotatable bonds is 8. The van der Waals surface area contributed by atoms with E-state index in [-0.39, 0.29) is 0 Å². The van der Waals surface area contributed by atoms with Crippen LogP contribution >= 0.6 is 0 Å². The van der Waals surface area contributed by atoms with Gasteiger partial charge in [0.1, 0.15) is 5.75 Å². The van der Waals surface area contributed by atoms with Crippen molar-refractivity contribution in [2.75, 3.05) is 39.4 Å². The zero-order valence-electron chi connectivity index (χ0n) is 15.7. The molecule has 4 rings (SSSR count). The third-order valence-electron chi connectivity index (χ3n) is 4.59. The quantitative estimate of drug-likeness (QED) is 0.598. The number of para-hydroxylation sites is 1. The van der Waals surface area contributed by atoms with Crippen LogP contribution in [0.1, 0.15) is 5.56 Å². The fourth-order valence-corrected chi connectivity index (χ4v) is 3.09. The van der Waals surface area contributed by atoms with Crippen molar-refractivity contribution in [3.8, 4) is 17.4 Å². The zero-order chi connectivity index (χ0) is 19.0. The molecule has 2 aromatic carbocycles. The number of benzene rings is 2. The van der Waals surface area contributed by atoms with Crippen LogP contribution in [0, 0.1) is 0 Å². The van der Waals surface area contributed by atoms with Gasteiger partial charge in [0.2, 0.25) is 0 Å². The lowest BCUT2D eigenvalue weighted by Gasteiger charge is -2.26.